The fourth-order valence-electron chi connectivity index (χ4n) is 0.410. The molecule has 0 radical (unpaired) electrons. The third-order valence-corrected chi connectivity index (χ3v) is 1.10. The maximum Gasteiger partial charge on any atom is 0.343 e. The molecule has 0 aromatic rings. The van der Waals surface area contributed by atoms with Crippen molar-refractivity contribution >= 4 is 5.97 Å². The molecule has 0 aromatic heterocycles. The Balaban J connectivity index is 0. The maximum absolute atomic E-state index is 11.8. The topological polar surface area (TPSA) is 46.5 Å². The molecule has 0 saturated heterocycles. The Morgan fingerprint density at radius 1 is 1.50 bits per heavy atom. The zero-order valence-corrected chi connectivity index (χ0v) is 7.20. The van der Waals surface area contributed by atoms with Gasteiger partial charge in [-0.05, 0) is 6.92 Å². The molecule has 0 heterocycles. The fourth-order valence-corrected chi connectivity index (χ4v) is 0.410. The Morgan fingerprint density at radius 2 is 1.92 bits per heavy atom. The van der Waals surface area contributed by atoms with E-state index in [-0.39, 0.29) is 44.3 Å². The molecule has 0 aromatic carbocycles. The predicted molar refractivity (Wildman–Crippen MR) is 33.5 cm³/mol. The first kappa shape index (κ1) is 15.0. The molecule has 0 fully saturated rings. The van der Waals surface area contributed by atoms with Gasteiger partial charge in [0.05, 0.1) is 6.61 Å². The van der Waals surface area contributed by atoms with Crippen molar-refractivity contribution in [2.45, 2.75) is 12.5 Å². The molecule has 3 nitrogen and oxygen atoms in total. The molecule has 0 amide bonds. The largest absolute Gasteiger partial charge is 0.464 e. The molecule has 0 aliphatic rings. The number of halogens is 2. The third kappa shape index (κ3) is 3.98. The summed E-state index contributed by atoms with van der Waals surface area (Å²) in [4.78, 5) is 10.6. The molecule has 0 saturated carbocycles. The van der Waals surface area contributed by atoms with E-state index >= 15 is 0 Å². The number of rotatable bonds is 4. The van der Waals surface area contributed by atoms with Crippen molar-refractivity contribution in [3.63, 3.8) is 0 Å². The molecule has 0 unspecified atom stereocenters. The van der Waals surface area contributed by atoms with Gasteiger partial charge in [-0.25, -0.2) is 13.6 Å². The summed E-state index contributed by atoms with van der Waals surface area (Å²) in [5.41, 5.74) is -2.60. The van der Waals surface area contributed by atoms with Crippen LogP contribution in [0, 0.1) is 37.7 Å². The Bertz CT molecular complexity index is 139. The Labute approximate surface area is 99.1 Å². The molecule has 0 atom stereocenters. The van der Waals surface area contributed by atoms with Crippen molar-refractivity contribution in [1.29, 1.82) is 0 Å². The van der Waals surface area contributed by atoms with Gasteiger partial charge >= 0.3 is 5.97 Å². The summed E-state index contributed by atoms with van der Waals surface area (Å²) in [6.07, 6.45) is 0. The zero-order chi connectivity index (χ0) is 8.91. The minimum absolute atomic E-state index is 0. The van der Waals surface area contributed by atoms with Crippen LogP contribution in [0.25, 0.3) is 0 Å². The van der Waals surface area contributed by atoms with Crippen molar-refractivity contribution in [2.75, 3.05) is 20.0 Å². The predicted octanol–water partition coefficient (Wildman–Crippen LogP) is 0.220. The van der Waals surface area contributed by atoms with Gasteiger partial charge in [0.2, 0.25) is 5.60 Å². The molecular formula is C6H10ArF2O3. The SMILES string of the molecule is CCOC(=O)C(O)(CF)CF.[Ar]. The van der Waals surface area contributed by atoms with Gasteiger partial charge < -0.3 is 9.84 Å². The standard InChI is InChI=1S/C6H10F2O3.Ar/c1-2-11-5(9)6(10,3-7)4-8;/h10H,2-4H2,1H3;. The van der Waals surface area contributed by atoms with Gasteiger partial charge in [0.1, 0.15) is 13.3 Å². The summed E-state index contributed by atoms with van der Waals surface area (Å²) in [5.74, 6) is -1.26. The average molecular weight is 208 g/mol. The van der Waals surface area contributed by atoms with Crippen LogP contribution in [0.1, 0.15) is 6.92 Å². The van der Waals surface area contributed by atoms with Gasteiger partial charge in [-0.15, -0.1) is 0 Å². The number of carbonyl (C=O) groups is 1. The number of ether oxygens (including phenoxy) is 1. The van der Waals surface area contributed by atoms with Gasteiger partial charge in [-0.2, -0.15) is 0 Å². The Kier molecular flexibility index (Phi) is 8.78. The van der Waals surface area contributed by atoms with Crippen molar-refractivity contribution < 1.29 is 61.2 Å². The van der Waals surface area contributed by atoms with Gasteiger partial charge in [0, 0.05) is 37.7 Å². The van der Waals surface area contributed by atoms with E-state index in [1.165, 1.54) is 6.92 Å². The minimum atomic E-state index is -2.60. The monoisotopic (exact) mass is 208 g/mol. The smallest absolute Gasteiger partial charge is 0.343 e. The second-order valence-electron chi connectivity index (χ2n) is 2.02. The molecule has 1 N–H and O–H groups in total. The summed E-state index contributed by atoms with van der Waals surface area (Å²) in [5, 5.41) is 8.80. The minimum Gasteiger partial charge on any atom is -0.464 e. The molecule has 0 spiro atoms. The molecule has 0 rings (SSSR count). The normalized spacial score (nSPS) is 10.3. The molecule has 74 valence electrons. The summed E-state index contributed by atoms with van der Waals surface area (Å²) in [6.45, 7) is -1.47. The maximum atomic E-state index is 11.8. The number of aliphatic hydroxyl groups is 1. The number of alkyl halides is 2. The van der Waals surface area contributed by atoms with Gasteiger partial charge in [0.25, 0.3) is 0 Å². The number of hydrogen-bond donors (Lipinski definition) is 1. The number of esters is 1. The van der Waals surface area contributed by atoms with E-state index in [2.05, 4.69) is 4.74 Å². The average Bonchev–Trinajstić information content (AvgIpc) is 2.03. The van der Waals surface area contributed by atoms with Crippen LogP contribution in [0.15, 0.2) is 0 Å². The van der Waals surface area contributed by atoms with E-state index in [1.807, 2.05) is 0 Å². The first-order chi connectivity index (χ1) is 5.10. The Morgan fingerprint density at radius 3 is 2.17 bits per heavy atom. The summed E-state index contributed by atoms with van der Waals surface area (Å²) in [6, 6.07) is 0. The Hall–Kier alpha value is 0.550. The van der Waals surface area contributed by atoms with Crippen molar-refractivity contribution in [3.05, 3.63) is 0 Å². The van der Waals surface area contributed by atoms with Gasteiger partial charge in [0.15, 0.2) is 0 Å². The van der Waals surface area contributed by atoms with Gasteiger partial charge in [-0.1, -0.05) is 0 Å². The van der Waals surface area contributed by atoms with Crippen LogP contribution in [0.4, 0.5) is 8.78 Å². The first-order valence-electron chi connectivity index (χ1n) is 3.12. The first-order valence-corrected chi connectivity index (χ1v) is 3.12. The van der Waals surface area contributed by atoms with Crippen LogP contribution in [0.2, 0.25) is 0 Å². The second kappa shape index (κ2) is 7.00. The van der Waals surface area contributed by atoms with E-state index in [4.69, 9.17) is 5.11 Å². The van der Waals surface area contributed by atoms with E-state index in [9.17, 15) is 13.6 Å². The van der Waals surface area contributed by atoms with Gasteiger partial charge in [-0.3, -0.25) is 0 Å². The number of hydrogen-bond acceptors (Lipinski definition) is 3. The van der Waals surface area contributed by atoms with E-state index in [0.717, 1.165) is 0 Å². The zero-order valence-electron chi connectivity index (χ0n) is 6.49. The summed E-state index contributed by atoms with van der Waals surface area (Å²) < 4.78 is 27.9. The molecule has 0 aliphatic carbocycles. The van der Waals surface area contributed by atoms with Crippen LogP contribution in [0.5, 0.6) is 0 Å². The molecule has 12 heavy (non-hydrogen) atoms. The number of carbonyl (C=O) groups excluding carboxylic acids is 1. The third-order valence-electron chi connectivity index (χ3n) is 1.10. The fraction of sp³-hybridized carbons (Fsp3) is 0.833. The second-order valence-corrected chi connectivity index (χ2v) is 2.02. The molecular weight excluding hydrogens is 198 g/mol. The summed E-state index contributed by atoms with van der Waals surface area (Å²) in [7, 11) is 0. The molecule has 0 bridgehead atoms. The van der Waals surface area contributed by atoms with Crippen LogP contribution in [-0.2, 0) is 9.53 Å². The van der Waals surface area contributed by atoms with Crippen molar-refractivity contribution in [3.8, 4) is 0 Å². The molecule has 6 heteroatoms. The van der Waals surface area contributed by atoms with Crippen LogP contribution >= 0.6 is 0 Å². The van der Waals surface area contributed by atoms with Crippen molar-refractivity contribution in [1.82, 2.24) is 0 Å². The quantitative estimate of drug-likeness (QED) is 0.672. The van der Waals surface area contributed by atoms with Crippen LogP contribution < -0.4 is 0 Å². The van der Waals surface area contributed by atoms with Crippen LogP contribution in [0.3, 0.4) is 0 Å². The van der Waals surface area contributed by atoms with E-state index in [0.29, 0.717) is 0 Å². The summed E-state index contributed by atoms with van der Waals surface area (Å²) >= 11 is 0. The molecule has 0 aliphatic heterocycles. The van der Waals surface area contributed by atoms with Crippen molar-refractivity contribution in [2.24, 2.45) is 0 Å². The van der Waals surface area contributed by atoms with E-state index < -0.39 is 24.9 Å². The van der Waals surface area contributed by atoms with E-state index in [1.54, 1.807) is 0 Å². The van der Waals surface area contributed by atoms with Crippen LogP contribution in [-0.4, -0.2) is 36.6 Å².